The van der Waals surface area contributed by atoms with Crippen LogP contribution in [0.1, 0.15) is 31.1 Å². The van der Waals surface area contributed by atoms with Crippen molar-refractivity contribution in [1.29, 1.82) is 0 Å². The molecule has 0 aromatic heterocycles. The van der Waals surface area contributed by atoms with Gasteiger partial charge in [0.2, 0.25) is 10.0 Å². The average Bonchev–Trinajstić information content (AvgIpc) is 2.40. The fourth-order valence-electron chi connectivity index (χ4n) is 1.83. The van der Waals surface area contributed by atoms with Crippen LogP contribution in [0.2, 0.25) is 0 Å². The summed E-state index contributed by atoms with van der Waals surface area (Å²) in [5, 5.41) is 9.15. The van der Waals surface area contributed by atoms with Crippen LogP contribution in [-0.2, 0) is 10.0 Å². The molecule has 0 aliphatic carbocycles. The van der Waals surface area contributed by atoms with Crippen molar-refractivity contribution in [2.24, 2.45) is 0 Å². The van der Waals surface area contributed by atoms with Gasteiger partial charge in [-0.05, 0) is 25.1 Å². The molecule has 112 valence electrons. The lowest BCUT2D eigenvalue weighted by Gasteiger charge is -2.19. The average molecular weight is 301 g/mol. The molecule has 7 heteroatoms. The maximum absolute atomic E-state index is 12.3. The van der Waals surface area contributed by atoms with Crippen LogP contribution in [0.25, 0.3) is 0 Å². The minimum Gasteiger partial charge on any atom is -0.493 e. The van der Waals surface area contributed by atoms with Crippen LogP contribution in [0.15, 0.2) is 23.1 Å². The van der Waals surface area contributed by atoms with Crippen molar-refractivity contribution >= 4 is 16.0 Å². The summed E-state index contributed by atoms with van der Waals surface area (Å²) in [5.41, 5.74) is -0.153. The summed E-state index contributed by atoms with van der Waals surface area (Å²) in [4.78, 5) is 11.2. The summed E-state index contributed by atoms with van der Waals surface area (Å²) < 4.78 is 31.1. The highest BCUT2D eigenvalue weighted by molar-refractivity contribution is 7.89. The number of carbonyl (C=O) groups is 1. The zero-order valence-corrected chi connectivity index (χ0v) is 12.6. The van der Waals surface area contributed by atoms with Crippen LogP contribution in [0, 0.1) is 0 Å². The van der Waals surface area contributed by atoms with E-state index >= 15 is 0 Å². The second-order valence-corrected chi connectivity index (χ2v) is 5.92. The maximum atomic E-state index is 12.3. The SMILES string of the molecule is CCOc1ccc(S(=O)(=O)N(CC)CC)cc1C(=O)O. The zero-order chi connectivity index (χ0) is 15.3. The first-order chi connectivity index (χ1) is 9.38. The normalized spacial score (nSPS) is 11.6. The smallest absolute Gasteiger partial charge is 0.339 e. The van der Waals surface area contributed by atoms with E-state index in [-0.39, 0.29) is 16.2 Å². The number of rotatable bonds is 7. The molecule has 0 spiro atoms. The number of sulfonamides is 1. The molecular weight excluding hydrogens is 282 g/mol. The van der Waals surface area contributed by atoms with E-state index in [0.29, 0.717) is 19.7 Å². The standard InChI is InChI=1S/C13H19NO5S/c1-4-14(5-2)20(17,18)10-7-8-12(19-6-3)11(9-10)13(15)16/h7-9H,4-6H2,1-3H3,(H,15,16). The second-order valence-electron chi connectivity index (χ2n) is 3.99. The Morgan fingerprint density at radius 3 is 2.30 bits per heavy atom. The van der Waals surface area contributed by atoms with Crippen LogP contribution in [0.3, 0.4) is 0 Å². The molecule has 20 heavy (non-hydrogen) atoms. The number of nitrogens with zero attached hydrogens (tertiary/aromatic N) is 1. The van der Waals surface area contributed by atoms with Crippen LogP contribution in [0.4, 0.5) is 0 Å². The molecule has 1 aromatic carbocycles. The summed E-state index contributed by atoms with van der Waals surface area (Å²) in [6.45, 7) is 6.15. The monoisotopic (exact) mass is 301 g/mol. The van der Waals surface area contributed by atoms with Crippen LogP contribution >= 0.6 is 0 Å². The third kappa shape index (κ3) is 3.29. The molecule has 0 fully saturated rings. The fourth-order valence-corrected chi connectivity index (χ4v) is 3.32. The summed E-state index contributed by atoms with van der Waals surface area (Å²) in [6, 6.07) is 3.88. The Labute approximate surface area is 119 Å². The van der Waals surface area contributed by atoms with Gasteiger partial charge in [0.05, 0.1) is 11.5 Å². The zero-order valence-electron chi connectivity index (χ0n) is 11.8. The molecule has 0 aliphatic rings. The summed E-state index contributed by atoms with van der Waals surface area (Å²) in [6.07, 6.45) is 0. The van der Waals surface area contributed by atoms with Crippen molar-refractivity contribution in [2.75, 3.05) is 19.7 Å². The van der Waals surface area contributed by atoms with Crippen LogP contribution < -0.4 is 4.74 Å². The number of carboxylic acid groups (broad SMARTS) is 1. The predicted octanol–water partition coefficient (Wildman–Crippen LogP) is 1.81. The minimum absolute atomic E-state index is 0.0398. The molecule has 1 N–H and O–H groups in total. The summed E-state index contributed by atoms with van der Waals surface area (Å²) in [7, 11) is -3.67. The fraction of sp³-hybridized carbons (Fsp3) is 0.462. The number of hydrogen-bond donors (Lipinski definition) is 1. The Balaban J connectivity index is 3.34. The van der Waals surface area contributed by atoms with Gasteiger partial charge in [-0.2, -0.15) is 4.31 Å². The van der Waals surface area contributed by atoms with E-state index in [1.165, 1.54) is 16.4 Å². The van der Waals surface area contributed by atoms with Gasteiger partial charge in [0.1, 0.15) is 11.3 Å². The van der Waals surface area contributed by atoms with Gasteiger partial charge >= 0.3 is 5.97 Å². The Morgan fingerprint density at radius 2 is 1.85 bits per heavy atom. The van der Waals surface area contributed by atoms with E-state index in [2.05, 4.69) is 0 Å². The first kappa shape index (κ1) is 16.5. The highest BCUT2D eigenvalue weighted by atomic mass is 32.2. The molecule has 0 radical (unpaired) electrons. The summed E-state index contributed by atoms with van der Waals surface area (Å²) in [5.74, 6) is -1.05. The molecule has 0 aliphatic heterocycles. The maximum Gasteiger partial charge on any atom is 0.339 e. The van der Waals surface area contributed by atoms with E-state index in [9.17, 15) is 13.2 Å². The quantitative estimate of drug-likeness (QED) is 0.830. The van der Waals surface area contributed by atoms with Gasteiger partial charge in [-0.3, -0.25) is 0 Å². The van der Waals surface area contributed by atoms with Crippen LogP contribution in [0.5, 0.6) is 5.75 Å². The molecule has 0 heterocycles. The van der Waals surface area contributed by atoms with E-state index in [1.54, 1.807) is 20.8 Å². The molecule has 0 saturated heterocycles. The molecule has 0 atom stereocenters. The van der Waals surface area contributed by atoms with Crippen molar-refractivity contribution < 1.29 is 23.1 Å². The van der Waals surface area contributed by atoms with Gasteiger partial charge in [0, 0.05) is 13.1 Å². The van der Waals surface area contributed by atoms with Gasteiger partial charge in [-0.15, -0.1) is 0 Å². The highest BCUT2D eigenvalue weighted by Gasteiger charge is 2.24. The third-order valence-electron chi connectivity index (χ3n) is 2.82. The number of hydrogen-bond acceptors (Lipinski definition) is 4. The lowest BCUT2D eigenvalue weighted by Crippen LogP contribution is -2.30. The largest absolute Gasteiger partial charge is 0.493 e. The van der Waals surface area contributed by atoms with Crippen molar-refractivity contribution in [2.45, 2.75) is 25.7 Å². The predicted molar refractivity (Wildman–Crippen MR) is 74.7 cm³/mol. The molecule has 1 rings (SSSR count). The Morgan fingerprint density at radius 1 is 1.25 bits per heavy atom. The Kier molecular flexibility index (Phi) is 5.52. The Bertz CT molecular complexity index is 578. The Hall–Kier alpha value is -1.60. The number of carboxylic acids is 1. The van der Waals surface area contributed by atoms with Crippen molar-refractivity contribution in [3.8, 4) is 5.75 Å². The van der Waals surface area contributed by atoms with Gasteiger partial charge in [-0.25, -0.2) is 13.2 Å². The lowest BCUT2D eigenvalue weighted by molar-refractivity contribution is 0.0692. The van der Waals surface area contributed by atoms with Crippen molar-refractivity contribution in [3.63, 3.8) is 0 Å². The second kappa shape index (κ2) is 6.71. The molecule has 0 amide bonds. The molecular formula is C13H19NO5S. The van der Waals surface area contributed by atoms with Gasteiger partial charge in [-0.1, -0.05) is 13.8 Å². The molecule has 1 aromatic rings. The molecule has 0 saturated carbocycles. The first-order valence-electron chi connectivity index (χ1n) is 6.38. The van der Waals surface area contributed by atoms with Gasteiger partial charge < -0.3 is 9.84 Å². The molecule has 0 bridgehead atoms. The van der Waals surface area contributed by atoms with E-state index < -0.39 is 16.0 Å². The first-order valence-corrected chi connectivity index (χ1v) is 7.82. The topological polar surface area (TPSA) is 83.9 Å². The van der Waals surface area contributed by atoms with Gasteiger partial charge in [0.25, 0.3) is 0 Å². The number of benzene rings is 1. The van der Waals surface area contributed by atoms with Gasteiger partial charge in [0.15, 0.2) is 0 Å². The van der Waals surface area contributed by atoms with Crippen molar-refractivity contribution in [1.82, 2.24) is 4.31 Å². The van der Waals surface area contributed by atoms with E-state index in [0.717, 1.165) is 6.07 Å². The summed E-state index contributed by atoms with van der Waals surface area (Å²) >= 11 is 0. The molecule has 6 nitrogen and oxygen atoms in total. The number of aromatic carboxylic acids is 1. The minimum atomic E-state index is -3.67. The highest BCUT2D eigenvalue weighted by Crippen LogP contribution is 2.24. The third-order valence-corrected chi connectivity index (χ3v) is 4.87. The van der Waals surface area contributed by atoms with Crippen molar-refractivity contribution in [3.05, 3.63) is 23.8 Å². The molecule has 0 unspecified atom stereocenters. The van der Waals surface area contributed by atoms with Crippen LogP contribution in [-0.4, -0.2) is 43.5 Å². The van der Waals surface area contributed by atoms with E-state index in [4.69, 9.17) is 9.84 Å². The number of ether oxygens (including phenoxy) is 1. The lowest BCUT2D eigenvalue weighted by atomic mass is 10.2. The van der Waals surface area contributed by atoms with E-state index in [1.807, 2.05) is 0 Å².